The van der Waals surface area contributed by atoms with Crippen molar-refractivity contribution < 1.29 is 62.9 Å². The summed E-state index contributed by atoms with van der Waals surface area (Å²) in [7, 11) is 0. The number of hydrogen-bond donors (Lipinski definition) is 2. The van der Waals surface area contributed by atoms with Crippen molar-refractivity contribution in [2.24, 2.45) is 17.3 Å². The van der Waals surface area contributed by atoms with Gasteiger partial charge >= 0.3 is 24.7 Å². The van der Waals surface area contributed by atoms with Crippen LogP contribution in [-0.4, -0.2) is 46.1 Å². The van der Waals surface area contributed by atoms with Crippen LogP contribution in [0.2, 0.25) is 0 Å². The van der Waals surface area contributed by atoms with Gasteiger partial charge in [-0.3, -0.25) is 0 Å². The molecule has 2 N–H and O–H groups in total. The van der Waals surface area contributed by atoms with Crippen LogP contribution < -0.4 is 0 Å². The Bertz CT molecular complexity index is 657. The van der Waals surface area contributed by atoms with E-state index in [9.17, 15) is 62.9 Å². The zero-order valence-corrected chi connectivity index (χ0v) is 16.3. The molecule has 0 saturated heterocycles. The van der Waals surface area contributed by atoms with Gasteiger partial charge in [0.2, 0.25) is 0 Å². The van der Waals surface area contributed by atoms with E-state index >= 15 is 0 Å². The molecule has 0 aliphatic heterocycles. The number of allylic oxidation sites excluding steroid dienone is 1. The molecule has 14 heteroatoms. The second-order valence-corrected chi connectivity index (χ2v) is 7.73. The van der Waals surface area contributed by atoms with Gasteiger partial charge in [-0.2, -0.15) is 52.7 Å². The largest absolute Gasteiger partial charge is 0.427 e. The number of aliphatic hydroxyl groups is 2. The summed E-state index contributed by atoms with van der Waals surface area (Å²) in [5, 5.41) is 19.7. The van der Waals surface area contributed by atoms with E-state index in [-0.39, 0.29) is 13.0 Å². The molecule has 0 saturated carbocycles. The van der Waals surface area contributed by atoms with Crippen molar-refractivity contribution in [3.8, 4) is 0 Å². The molecule has 0 fully saturated rings. The minimum Gasteiger partial charge on any atom is -0.373 e. The maximum absolute atomic E-state index is 13.6. The maximum Gasteiger partial charge on any atom is 0.427 e. The Hall–Kier alpha value is -1.18. The summed E-state index contributed by atoms with van der Waals surface area (Å²) >= 11 is 0. The quantitative estimate of drug-likeness (QED) is 0.375. The number of hydrogen-bond acceptors (Lipinski definition) is 2. The zero-order valence-electron chi connectivity index (χ0n) is 16.3. The zero-order chi connectivity index (χ0) is 25.1. The molecule has 3 atom stereocenters. The van der Waals surface area contributed by atoms with Crippen LogP contribution in [0.15, 0.2) is 11.6 Å². The molecule has 0 amide bonds. The second-order valence-electron chi connectivity index (χ2n) is 7.73. The summed E-state index contributed by atoms with van der Waals surface area (Å²) < 4.78 is 162. The lowest BCUT2D eigenvalue weighted by Crippen LogP contribution is -2.72. The molecule has 31 heavy (non-hydrogen) atoms. The summed E-state index contributed by atoms with van der Waals surface area (Å²) in [5.41, 5.74) is -15.6. The van der Waals surface area contributed by atoms with Crippen LogP contribution in [0.25, 0.3) is 0 Å². The van der Waals surface area contributed by atoms with E-state index in [0.717, 1.165) is 13.8 Å². The fourth-order valence-electron chi connectivity index (χ4n) is 4.55. The lowest BCUT2D eigenvalue weighted by atomic mass is 9.52. The van der Waals surface area contributed by atoms with Crippen LogP contribution in [0.1, 0.15) is 40.0 Å². The van der Waals surface area contributed by atoms with Crippen LogP contribution in [0.4, 0.5) is 52.7 Å². The average molecular weight is 484 g/mol. The van der Waals surface area contributed by atoms with Crippen LogP contribution in [-0.2, 0) is 0 Å². The van der Waals surface area contributed by atoms with Gasteiger partial charge in [-0.25, -0.2) is 0 Å². The van der Waals surface area contributed by atoms with Gasteiger partial charge < -0.3 is 10.2 Å². The van der Waals surface area contributed by atoms with E-state index in [0.29, 0.717) is 0 Å². The van der Waals surface area contributed by atoms with Crippen LogP contribution in [0.3, 0.4) is 0 Å². The topological polar surface area (TPSA) is 40.5 Å². The highest BCUT2D eigenvalue weighted by Crippen LogP contribution is 2.64. The van der Waals surface area contributed by atoms with E-state index in [1.54, 1.807) is 0 Å². The molecule has 184 valence electrons. The van der Waals surface area contributed by atoms with E-state index in [1.807, 2.05) is 0 Å². The summed E-state index contributed by atoms with van der Waals surface area (Å²) in [6, 6.07) is 0. The average Bonchev–Trinajstić information content (AvgIpc) is 2.55. The number of rotatable bonds is 4. The molecule has 1 rings (SSSR count). The Morgan fingerprint density at radius 2 is 1.19 bits per heavy atom. The third-order valence-corrected chi connectivity index (χ3v) is 6.14. The van der Waals surface area contributed by atoms with Crippen molar-refractivity contribution in [3.63, 3.8) is 0 Å². The summed E-state index contributed by atoms with van der Waals surface area (Å²) in [6.07, 6.45) is -28.6. The van der Waals surface area contributed by atoms with E-state index in [4.69, 9.17) is 0 Å². The van der Waals surface area contributed by atoms with Gasteiger partial charge in [0.25, 0.3) is 11.2 Å². The smallest absolute Gasteiger partial charge is 0.373 e. The van der Waals surface area contributed by atoms with E-state index in [2.05, 4.69) is 0 Å². The molecule has 2 nitrogen and oxygen atoms in total. The fourth-order valence-corrected chi connectivity index (χ4v) is 4.55. The number of alkyl halides is 12. The number of halogens is 12. The van der Waals surface area contributed by atoms with Crippen molar-refractivity contribution >= 4 is 0 Å². The highest BCUT2D eigenvalue weighted by Gasteiger charge is 2.82. The second kappa shape index (κ2) is 7.70. The van der Waals surface area contributed by atoms with Gasteiger partial charge in [-0.05, 0) is 18.8 Å². The standard InChI is InChI=1S/C17H20F12O2/c1-4-8-6-10(12(30,14(18,19)20)15(21,22)23)9(5-2)11(3,7-8)13(31,16(24,25)26)17(27,28)29/h7,9-10,30-31H,4-6H2,1-3H3. The Kier molecular flexibility index (Phi) is 6.92. The van der Waals surface area contributed by atoms with Gasteiger partial charge in [0.1, 0.15) is 0 Å². The third-order valence-electron chi connectivity index (χ3n) is 6.14. The first-order valence-electron chi connectivity index (χ1n) is 8.89. The highest BCUT2D eigenvalue weighted by molar-refractivity contribution is 5.27. The molecule has 0 heterocycles. The Labute approximate surface area is 168 Å². The molecule has 3 unspecified atom stereocenters. The van der Waals surface area contributed by atoms with Crippen molar-refractivity contribution in [3.05, 3.63) is 11.6 Å². The summed E-state index contributed by atoms with van der Waals surface area (Å²) in [5.74, 6) is -5.90. The van der Waals surface area contributed by atoms with Gasteiger partial charge in [0.05, 0.1) is 0 Å². The maximum atomic E-state index is 13.6. The van der Waals surface area contributed by atoms with E-state index in [1.165, 1.54) is 0 Å². The summed E-state index contributed by atoms with van der Waals surface area (Å²) in [4.78, 5) is 0. The Morgan fingerprint density at radius 3 is 1.45 bits per heavy atom. The molecule has 0 aromatic heterocycles. The monoisotopic (exact) mass is 484 g/mol. The van der Waals surface area contributed by atoms with Crippen LogP contribution in [0.5, 0.6) is 0 Å². The first-order chi connectivity index (χ1) is 13.5. The molecule has 0 radical (unpaired) electrons. The molecule has 0 aromatic carbocycles. The van der Waals surface area contributed by atoms with Gasteiger partial charge in [0.15, 0.2) is 0 Å². The minimum absolute atomic E-state index is 0.108. The molecule has 1 aliphatic carbocycles. The Morgan fingerprint density at radius 1 is 0.806 bits per heavy atom. The molecule has 0 aromatic rings. The van der Waals surface area contributed by atoms with Crippen molar-refractivity contribution in [1.29, 1.82) is 0 Å². The minimum atomic E-state index is -6.51. The highest BCUT2D eigenvalue weighted by atomic mass is 19.4. The van der Waals surface area contributed by atoms with Crippen LogP contribution in [0, 0.1) is 17.3 Å². The van der Waals surface area contributed by atoms with Crippen molar-refractivity contribution in [1.82, 2.24) is 0 Å². The molecule has 1 aliphatic rings. The lowest BCUT2D eigenvalue weighted by Gasteiger charge is -2.56. The van der Waals surface area contributed by atoms with Crippen LogP contribution >= 0.6 is 0 Å². The van der Waals surface area contributed by atoms with Gasteiger partial charge in [0, 0.05) is 11.3 Å². The third kappa shape index (κ3) is 3.91. The van der Waals surface area contributed by atoms with E-state index < -0.39 is 78.0 Å². The Balaban J connectivity index is 4.06. The van der Waals surface area contributed by atoms with Gasteiger partial charge in [-0.1, -0.05) is 38.8 Å². The first-order valence-corrected chi connectivity index (χ1v) is 8.89. The molecular weight excluding hydrogens is 464 g/mol. The fraction of sp³-hybridized carbons (Fsp3) is 0.882. The van der Waals surface area contributed by atoms with Crippen molar-refractivity contribution in [2.75, 3.05) is 0 Å². The normalized spacial score (nSPS) is 27.3. The predicted octanol–water partition coefficient (Wildman–Crippen LogP) is 6.09. The molecule has 0 bridgehead atoms. The molecular formula is C17H20F12O2. The van der Waals surface area contributed by atoms with Gasteiger partial charge in [-0.15, -0.1) is 0 Å². The molecule has 0 spiro atoms. The predicted molar refractivity (Wildman–Crippen MR) is 82.5 cm³/mol. The SMILES string of the molecule is CCC1=CC(C)(C(O)(C(F)(F)F)C(F)(F)F)C(CC)C(C(O)(C(F)(F)F)C(F)(F)F)C1. The summed E-state index contributed by atoms with van der Waals surface area (Å²) in [6.45, 7) is 1.98. The first kappa shape index (κ1) is 27.9. The van der Waals surface area contributed by atoms with Crippen molar-refractivity contribution in [2.45, 2.75) is 75.9 Å². The lowest BCUT2D eigenvalue weighted by molar-refractivity contribution is -0.417.